The van der Waals surface area contributed by atoms with Crippen molar-refractivity contribution in [3.63, 3.8) is 0 Å². The Bertz CT molecular complexity index is 1010. The second-order valence-electron chi connectivity index (χ2n) is 6.65. The van der Waals surface area contributed by atoms with Crippen molar-refractivity contribution >= 4 is 46.1 Å². The van der Waals surface area contributed by atoms with Gasteiger partial charge in [-0.15, -0.1) is 0 Å². The molecule has 1 atom stereocenters. The van der Waals surface area contributed by atoms with Crippen LogP contribution in [0.3, 0.4) is 0 Å². The van der Waals surface area contributed by atoms with Gasteiger partial charge in [0.15, 0.2) is 5.17 Å². The third-order valence-corrected chi connectivity index (χ3v) is 5.65. The van der Waals surface area contributed by atoms with Gasteiger partial charge in [0.05, 0.1) is 17.9 Å². The minimum absolute atomic E-state index is 0.0421. The van der Waals surface area contributed by atoms with E-state index in [0.29, 0.717) is 29.7 Å². The van der Waals surface area contributed by atoms with E-state index >= 15 is 0 Å². The number of amidine groups is 1. The number of aromatic carboxylic acids is 1. The number of hydrogen-bond acceptors (Lipinski definition) is 6. The molecule has 0 aliphatic carbocycles. The largest absolute Gasteiger partial charge is 0.494 e. The lowest BCUT2D eigenvalue weighted by molar-refractivity contribution is -0.128. The second-order valence-corrected chi connectivity index (χ2v) is 7.82. The summed E-state index contributed by atoms with van der Waals surface area (Å²) in [7, 11) is 0. The number of ether oxygens (including phenoxy) is 1. The van der Waals surface area contributed by atoms with Gasteiger partial charge in [0.25, 0.3) is 0 Å². The van der Waals surface area contributed by atoms with Crippen LogP contribution in [0.15, 0.2) is 53.5 Å². The molecule has 1 saturated heterocycles. The lowest BCUT2D eigenvalue weighted by atomic mass is 10.2. The van der Waals surface area contributed by atoms with Gasteiger partial charge in [0.1, 0.15) is 11.0 Å². The number of carboxylic acid groups (broad SMARTS) is 1. The van der Waals surface area contributed by atoms with Gasteiger partial charge in [-0.25, -0.2) is 9.79 Å². The summed E-state index contributed by atoms with van der Waals surface area (Å²) < 4.78 is 5.43. The Morgan fingerprint density at radius 2 is 1.94 bits per heavy atom. The third kappa shape index (κ3) is 5.64. The van der Waals surface area contributed by atoms with Crippen LogP contribution in [0.25, 0.3) is 0 Å². The summed E-state index contributed by atoms with van der Waals surface area (Å²) in [5.41, 5.74) is 1.13. The molecule has 0 aromatic heterocycles. The van der Waals surface area contributed by atoms with Gasteiger partial charge < -0.3 is 15.2 Å². The Morgan fingerprint density at radius 1 is 1.19 bits per heavy atom. The Labute approximate surface area is 184 Å². The van der Waals surface area contributed by atoms with Gasteiger partial charge in [0, 0.05) is 18.7 Å². The second kappa shape index (κ2) is 10.1. The highest BCUT2D eigenvalue weighted by Gasteiger charge is 2.38. The SMILES string of the molecule is CCOc1ccc(N=C2S[C@H](CC(=O)Nc3cccc(C(=O)O)c3)C(=O)N2CC)cc1. The summed E-state index contributed by atoms with van der Waals surface area (Å²) in [5, 5.41) is 11.7. The van der Waals surface area contributed by atoms with Gasteiger partial charge in [-0.3, -0.25) is 14.5 Å². The molecule has 31 heavy (non-hydrogen) atoms. The first-order valence-corrected chi connectivity index (χ1v) is 10.7. The highest BCUT2D eigenvalue weighted by molar-refractivity contribution is 8.15. The fourth-order valence-corrected chi connectivity index (χ4v) is 4.24. The minimum atomic E-state index is -1.08. The molecule has 2 aromatic carbocycles. The van der Waals surface area contributed by atoms with Crippen LogP contribution in [0.5, 0.6) is 5.75 Å². The number of nitrogens with one attached hydrogen (secondary N) is 1. The monoisotopic (exact) mass is 441 g/mol. The first-order chi connectivity index (χ1) is 14.9. The van der Waals surface area contributed by atoms with Crippen LogP contribution in [0.1, 0.15) is 30.6 Å². The van der Waals surface area contributed by atoms with Crippen molar-refractivity contribution in [3.05, 3.63) is 54.1 Å². The number of rotatable bonds is 8. The van der Waals surface area contributed by atoms with Crippen molar-refractivity contribution in [1.29, 1.82) is 0 Å². The summed E-state index contributed by atoms with van der Waals surface area (Å²) in [6.07, 6.45) is -0.0421. The number of amides is 2. The van der Waals surface area contributed by atoms with E-state index < -0.39 is 11.2 Å². The van der Waals surface area contributed by atoms with Crippen LogP contribution in [0.2, 0.25) is 0 Å². The number of aliphatic imine (C=N–C) groups is 1. The number of nitrogens with zero attached hydrogens (tertiary/aromatic N) is 2. The molecular formula is C22H23N3O5S. The predicted molar refractivity (Wildman–Crippen MR) is 120 cm³/mol. The Hall–Kier alpha value is -3.33. The molecule has 162 valence electrons. The summed E-state index contributed by atoms with van der Waals surface area (Å²) in [6, 6.07) is 13.2. The highest BCUT2D eigenvalue weighted by Crippen LogP contribution is 2.32. The van der Waals surface area contributed by atoms with Crippen molar-refractivity contribution in [1.82, 2.24) is 4.90 Å². The zero-order valence-corrected chi connectivity index (χ0v) is 18.0. The maximum absolute atomic E-state index is 12.8. The lowest BCUT2D eigenvalue weighted by Gasteiger charge is -2.13. The van der Waals surface area contributed by atoms with Crippen molar-refractivity contribution in [2.75, 3.05) is 18.5 Å². The summed E-state index contributed by atoms with van der Waals surface area (Å²) in [4.78, 5) is 42.4. The van der Waals surface area contributed by atoms with Crippen LogP contribution >= 0.6 is 11.8 Å². The predicted octanol–water partition coefficient (Wildman–Crippen LogP) is 3.76. The number of carbonyl (C=O) groups excluding carboxylic acids is 2. The number of hydrogen-bond donors (Lipinski definition) is 2. The molecule has 3 rings (SSSR count). The molecule has 0 radical (unpaired) electrons. The maximum atomic E-state index is 12.8. The average molecular weight is 442 g/mol. The Morgan fingerprint density at radius 3 is 2.58 bits per heavy atom. The van der Waals surface area contributed by atoms with Gasteiger partial charge in [-0.1, -0.05) is 17.8 Å². The van der Waals surface area contributed by atoms with E-state index in [4.69, 9.17) is 9.84 Å². The van der Waals surface area contributed by atoms with E-state index in [9.17, 15) is 14.4 Å². The van der Waals surface area contributed by atoms with E-state index in [0.717, 1.165) is 5.75 Å². The van der Waals surface area contributed by atoms with Gasteiger partial charge >= 0.3 is 5.97 Å². The third-order valence-electron chi connectivity index (χ3n) is 4.47. The molecule has 1 fully saturated rings. The fraction of sp³-hybridized carbons (Fsp3) is 0.273. The Kier molecular flexibility index (Phi) is 7.30. The average Bonchev–Trinajstić information content (AvgIpc) is 3.03. The first kappa shape index (κ1) is 22.4. The molecule has 2 amide bonds. The molecule has 0 unspecified atom stereocenters. The summed E-state index contributed by atoms with van der Waals surface area (Å²) >= 11 is 1.25. The molecule has 1 heterocycles. The molecule has 8 nitrogen and oxygen atoms in total. The zero-order valence-electron chi connectivity index (χ0n) is 17.2. The molecular weight excluding hydrogens is 418 g/mol. The van der Waals surface area contributed by atoms with Gasteiger partial charge in [0.2, 0.25) is 11.8 Å². The molecule has 2 aromatic rings. The number of thioether (sulfide) groups is 1. The fourth-order valence-electron chi connectivity index (χ4n) is 3.02. The quantitative estimate of drug-likeness (QED) is 0.646. The van der Waals surface area contributed by atoms with E-state index in [1.165, 1.54) is 23.9 Å². The van der Waals surface area contributed by atoms with Crippen molar-refractivity contribution in [3.8, 4) is 5.75 Å². The van der Waals surface area contributed by atoms with Crippen LogP contribution in [0, 0.1) is 0 Å². The van der Waals surface area contributed by atoms with Gasteiger partial charge in [-0.05, 0) is 56.3 Å². The number of carboxylic acids is 1. The molecule has 0 saturated carbocycles. The smallest absolute Gasteiger partial charge is 0.335 e. The Balaban J connectivity index is 1.68. The maximum Gasteiger partial charge on any atom is 0.335 e. The molecule has 0 bridgehead atoms. The van der Waals surface area contributed by atoms with E-state index in [1.807, 2.05) is 38.1 Å². The molecule has 0 spiro atoms. The van der Waals surface area contributed by atoms with Crippen molar-refractivity contribution in [2.24, 2.45) is 4.99 Å². The van der Waals surface area contributed by atoms with E-state index in [1.54, 1.807) is 17.0 Å². The lowest BCUT2D eigenvalue weighted by Crippen LogP contribution is -2.33. The summed E-state index contributed by atoms with van der Waals surface area (Å²) in [6.45, 7) is 4.78. The van der Waals surface area contributed by atoms with Crippen LogP contribution < -0.4 is 10.1 Å². The van der Waals surface area contributed by atoms with Gasteiger partial charge in [-0.2, -0.15) is 0 Å². The molecule has 1 aliphatic rings. The topological polar surface area (TPSA) is 108 Å². The minimum Gasteiger partial charge on any atom is -0.494 e. The normalized spacial score (nSPS) is 17.1. The molecule has 2 N–H and O–H groups in total. The van der Waals surface area contributed by atoms with Crippen LogP contribution in [-0.4, -0.2) is 51.4 Å². The van der Waals surface area contributed by atoms with E-state index in [-0.39, 0.29) is 23.8 Å². The number of anilines is 1. The first-order valence-electron chi connectivity index (χ1n) is 9.84. The van der Waals surface area contributed by atoms with Crippen molar-refractivity contribution in [2.45, 2.75) is 25.5 Å². The highest BCUT2D eigenvalue weighted by atomic mass is 32.2. The number of carbonyl (C=O) groups is 3. The van der Waals surface area contributed by atoms with Crippen LogP contribution in [-0.2, 0) is 9.59 Å². The van der Waals surface area contributed by atoms with Crippen LogP contribution in [0.4, 0.5) is 11.4 Å². The molecule has 1 aliphatic heterocycles. The van der Waals surface area contributed by atoms with Crippen molar-refractivity contribution < 1.29 is 24.2 Å². The van der Waals surface area contributed by atoms with E-state index in [2.05, 4.69) is 10.3 Å². The zero-order chi connectivity index (χ0) is 22.4. The summed E-state index contributed by atoms with van der Waals surface area (Å²) in [5.74, 6) is -0.875. The number of benzene rings is 2. The standard InChI is InChI=1S/C22H23N3O5S/c1-3-25-20(27)18(13-19(26)23-16-7-5-6-14(12-16)21(28)29)31-22(25)24-15-8-10-17(11-9-15)30-4-2/h5-12,18H,3-4,13H2,1-2H3,(H,23,26)(H,28,29)/t18-/m1/s1. The molecule has 9 heteroatoms.